The molecule has 3 N–H and O–H groups in total. The molecule has 0 saturated heterocycles. The van der Waals surface area contributed by atoms with Gasteiger partial charge in [-0.15, -0.1) is 0 Å². The highest BCUT2D eigenvalue weighted by Gasteiger charge is 2.34. The number of carbonyl (C=O) groups excluding carboxylic acids is 2. The molecule has 0 aliphatic carbocycles. The van der Waals surface area contributed by atoms with E-state index in [2.05, 4.69) is 22.3 Å². The summed E-state index contributed by atoms with van der Waals surface area (Å²) in [4.78, 5) is 24.0. The number of hydrogen-bond acceptors (Lipinski definition) is 4. The van der Waals surface area contributed by atoms with Crippen molar-refractivity contribution in [2.24, 2.45) is 10.8 Å². The topological polar surface area (TPSA) is 87.8 Å². The van der Waals surface area contributed by atoms with Crippen LogP contribution in [0, 0.1) is 17.7 Å². The second-order valence-electron chi connectivity index (χ2n) is 5.84. The van der Waals surface area contributed by atoms with E-state index in [1.807, 2.05) is 30.3 Å². The molecule has 0 aromatic heterocycles. The summed E-state index contributed by atoms with van der Waals surface area (Å²) in [5.74, 6) is 4.34. The number of carbonyl (C=O) groups is 2. The second kappa shape index (κ2) is 8.15. The molecule has 1 aliphatic heterocycles. The zero-order valence-electron chi connectivity index (χ0n) is 14.4. The third kappa shape index (κ3) is 4.50. The fourth-order valence-corrected chi connectivity index (χ4v) is 2.60. The predicted molar refractivity (Wildman–Crippen MR) is 100 cm³/mol. The maximum Gasteiger partial charge on any atom is 0.268 e. The summed E-state index contributed by atoms with van der Waals surface area (Å²) in [6.07, 6.45) is 0.0741. The molecule has 2 amide bonds. The fraction of sp³-hybridized carbons (Fsp3) is 0.150. The van der Waals surface area contributed by atoms with Crippen LogP contribution in [-0.4, -0.2) is 30.1 Å². The largest absolute Gasteiger partial charge is 0.368 e. The average molecular weight is 364 g/mol. The normalized spacial score (nSPS) is 15.5. The number of nitrogens with zero attached hydrogens (tertiary/aromatic N) is 2. The van der Waals surface area contributed by atoms with Gasteiger partial charge in [0.15, 0.2) is 0 Å². The molecule has 2 aromatic carbocycles. The van der Waals surface area contributed by atoms with Gasteiger partial charge in [0.25, 0.3) is 5.91 Å². The Morgan fingerprint density at radius 1 is 1.19 bits per heavy atom. The highest BCUT2D eigenvalue weighted by Crippen LogP contribution is 2.24. The van der Waals surface area contributed by atoms with E-state index in [4.69, 9.17) is 5.73 Å². The number of primary amides is 1. The summed E-state index contributed by atoms with van der Waals surface area (Å²) < 4.78 is 13.1. The van der Waals surface area contributed by atoms with Crippen LogP contribution in [0.15, 0.2) is 59.7 Å². The first-order valence-electron chi connectivity index (χ1n) is 8.28. The molecular formula is C20H17FN4O2. The summed E-state index contributed by atoms with van der Waals surface area (Å²) >= 11 is 0. The molecule has 0 radical (unpaired) electrons. The maximum absolute atomic E-state index is 13.1. The Balaban J connectivity index is 1.67. The van der Waals surface area contributed by atoms with E-state index in [0.717, 1.165) is 5.56 Å². The Labute approximate surface area is 155 Å². The number of anilines is 1. The number of halogens is 1. The van der Waals surface area contributed by atoms with E-state index in [1.54, 1.807) is 0 Å². The van der Waals surface area contributed by atoms with Crippen LogP contribution in [-0.2, 0) is 9.59 Å². The molecule has 1 heterocycles. The lowest BCUT2D eigenvalue weighted by Crippen LogP contribution is -2.39. The average Bonchev–Trinajstić information content (AvgIpc) is 3.12. The molecule has 1 aliphatic rings. The third-order valence-corrected chi connectivity index (χ3v) is 3.94. The van der Waals surface area contributed by atoms with Crippen LogP contribution in [0.25, 0.3) is 0 Å². The maximum atomic E-state index is 13.1. The number of hydrazone groups is 1. The molecule has 6 nitrogen and oxygen atoms in total. The smallest absolute Gasteiger partial charge is 0.268 e. The predicted octanol–water partition coefficient (Wildman–Crippen LogP) is 1.41. The van der Waals surface area contributed by atoms with Crippen LogP contribution in [0.2, 0.25) is 0 Å². The summed E-state index contributed by atoms with van der Waals surface area (Å²) in [6.45, 7) is 0.143. The van der Waals surface area contributed by atoms with Gasteiger partial charge >= 0.3 is 0 Å². The van der Waals surface area contributed by atoms with Crippen LogP contribution in [0.4, 0.5) is 10.1 Å². The molecule has 0 spiro atoms. The van der Waals surface area contributed by atoms with Crippen molar-refractivity contribution in [3.8, 4) is 11.8 Å². The molecule has 7 heteroatoms. The Bertz CT molecular complexity index is 930. The SMILES string of the molecule is NC(=O)C1CC(C(=O)NCC#Cc2ccccc2)=NN1c1ccc(F)cc1. The van der Waals surface area contributed by atoms with Crippen molar-refractivity contribution in [1.82, 2.24) is 5.32 Å². The van der Waals surface area contributed by atoms with Crippen molar-refractivity contribution in [2.75, 3.05) is 11.6 Å². The zero-order valence-corrected chi connectivity index (χ0v) is 14.4. The quantitative estimate of drug-likeness (QED) is 0.804. The monoisotopic (exact) mass is 364 g/mol. The number of nitrogens with one attached hydrogen (secondary N) is 1. The summed E-state index contributed by atoms with van der Waals surface area (Å²) in [5.41, 5.74) is 6.92. The van der Waals surface area contributed by atoms with Crippen LogP contribution in [0.1, 0.15) is 12.0 Å². The molecule has 0 bridgehead atoms. The van der Waals surface area contributed by atoms with Crippen LogP contribution >= 0.6 is 0 Å². The third-order valence-electron chi connectivity index (χ3n) is 3.94. The van der Waals surface area contributed by atoms with Gasteiger partial charge in [0, 0.05) is 12.0 Å². The summed E-state index contributed by atoms with van der Waals surface area (Å²) in [7, 11) is 0. The first kappa shape index (κ1) is 18.1. The number of amides is 2. The van der Waals surface area contributed by atoms with Gasteiger partial charge in [0.05, 0.1) is 12.2 Å². The number of benzene rings is 2. The van der Waals surface area contributed by atoms with Gasteiger partial charge in [-0.25, -0.2) is 4.39 Å². The van der Waals surface area contributed by atoms with Crippen LogP contribution in [0.5, 0.6) is 0 Å². The molecule has 1 unspecified atom stereocenters. The van der Waals surface area contributed by atoms with Crippen molar-refractivity contribution < 1.29 is 14.0 Å². The van der Waals surface area contributed by atoms with Crippen LogP contribution in [0.3, 0.4) is 0 Å². The minimum atomic E-state index is -0.799. The highest BCUT2D eigenvalue weighted by atomic mass is 19.1. The van der Waals surface area contributed by atoms with Crippen molar-refractivity contribution in [3.63, 3.8) is 0 Å². The molecule has 136 valence electrons. The molecule has 0 fully saturated rings. The number of hydrogen-bond donors (Lipinski definition) is 2. The highest BCUT2D eigenvalue weighted by molar-refractivity contribution is 6.40. The lowest BCUT2D eigenvalue weighted by Gasteiger charge is -2.20. The lowest BCUT2D eigenvalue weighted by molar-refractivity contribution is -0.119. The van der Waals surface area contributed by atoms with Gasteiger partial charge in [0.1, 0.15) is 17.6 Å². The zero-order chi connectivity index (χ0) is 19.2. The molecule has 27 heavy (non-hydrogen) atoms. The second-order valence-corrected chi connectivity index (χ2v) is 5.84. The van der Waals surface area contributed by atoms with Gasteiger partial charge in [0.2, 0.25) is 5.91 Å². The van der Waals surface area contributed by atoms with Crippen molar-refractivity contribution >= 4 is 23.2 Å². The minimum Gasteiger partial charge on any atom is -0.368 e. The molecular weight excluding hydrogens is 347 g/mol. The van der Waals surface area contributed by atoms with E-state index in [0.29, 0.717) is 5.69 Å². The van der Waals surface area contributed by atoms with Crippen molar-refractivity contribution in [2.45, 2.75) is 12.5 Å². The Hall–Kier alpha value is -3.66. The van der Waals surface area contributed by atoms with Gasteiger partial charge in [-0.05, 0) is 36.4 Å². The van der Waals surface area contributed by atoms with E-state index >= 15 is 0 Å². The Morgan fingerprint density at radius 3 is 2.56 bits per heavy atom. The van der Waals surface area contributed by atoms with E-state index in [-0.39, 0.29) is 18.7 Å². The van der Waals surface area contributed by atoms with Crippen molar-refractivity contribution in [1.29, 1.82) is 0 Å². The van der Waals surface area contributed by atoms with E-state index in [1.165, 1.54) is 29.3 Å². The minimum absolute atomic E-state index is 0.0741. The molecule has 0 saturated carbocycles. The molecule has 1 atom stereocenters. The first-order chi connectivity index (χ1) is 13.0. The van der Waals surface area contributed by atoms with Gasteiger partial charge < -0.3 is 11.1 Å². The van der Waals surface area contributed by atoms with Crippen LogP contribution < -0.4 is 16.1 Å². The summed E-state index contributed by atoms with van der Waals surface area (Å²) in [5, 5.41) is 8.19. The van der Waals surface area contributed by atoms with E-state index < -0.39 is 23.7 Å². The van der Waals surface area contributed by atoms with Gasteiger partial charge in [-0.1, -0.05) is 30.0 Å². The molecule has 3 rings (SSSR count). The number of rotatable bonds is 4. The number of nitrogens with two attached hydrogens (primary N) is 1. The standard InChI is InChI=1S/C20H17FN4O2/c21-15-8-10-16(11-9-15)25-18(19(22)26)13-17(24-25)20(27)23-12-4-7-14-5-2-1-3-6-14/h1-3,5-6,8-11,18H,12-13H2,(H2,22,26)(H,23,27). The van der Waals surface area contributed by atoms with Crippen molar-refractivity contribution in [3.05, 3.63) is 66.0 Å². The summed E-state index contributed by atoms with van der Waals surface area (Å²) in [6, 6.07) is 14.0. The Morgan fingerprint density at radius 2 is 1.89 bits per heavy atom. The van der Waals surface area contributed by atoms with Gasteiger partial charge in [-0.3, -0.25) is 14.6 Å². The molecule has 2 aromatic rings. The lowest BCUT2D eigenvalue weighted by atomic mass is 10.1. The fourth-order valence-electron chi connectivity index (χ4n) is 2.60. The van der Waals surface area contributed by atoms with E-state index in [9.17, 15) is 14.0 Å². The Kier molecular flexibility index (Phi) is 5.47. The first-order valence-corrected chi connectivity index (χ1v) is 8.28. The van der Waals surface area contributed by atoms with Gasteiger partial charge in [-0.2, -0.15) is 5.10 Å².